The standard InChI is InChI=1S/C14H10FN5O3/c1-19-12(7-16-18-19)8-2-3-9(15)11(6-8)20-13(21)5-4-10(17-20)14(22)23/h2-7H,1H3,(H,22,23). The van der Waals surface area contributed by atoms with Crippen molar-refractivity contribution in [1.29, 1.82) is 0 Å². The first-order valence-corrected chi connectivity index (χ1v) is 6.46. The Morgan fingerprint density at radius 2 is 2.04 bits per heavy atom. The molecular formula is C14H10FN5O3. The van der Waals surface area contributed by atoms with Gasteiger partial charge in [-0.15, -0.1) is 5.10 Å². The highest BCUT2D eigenvalue weighted by molar-refractivity contribution is 5.84. The van der Waals surface area contributed by atoms with Gasteiger partial charge in [0.25, 0.3) is 5.56 Å². The van der Waals surface area contributed by atoms with Crippen molar-refractivity contribution in [3.05, 3.63) is 58.4 Å². The summed E-state index contributed by atoms with van der Waals surface area (Å²) in [6, 6.07) is 6.14. The summed E-state index contributed by atoms with van der Waals surface area (Å²) >= 11 is 0. The van der Waals surface area contributed by atoms with E-state index < -0.39 is 17.3 Å². The second kappa shape index (κ2) is 5.44. The monoisotopic (exact) mass is 315 g/mol. The molecule has 23 heavy (non-hydrogen) atoms. The van der Waals surface area contributed by atoms with E-state index in [1.54, 1.807) is 7.05 Å². The van der Waals surface area contributed by atoms with Crippen LogP contribution in [0, 0.1) is 5.82 Å². The molecule has 1 aromatic carbocycles. The molecule has 0 bridgehead atoms. The first-order chi connectivity index (χ1) is 11.0. The fraction of sp³-hybridized carbons (Fsp3) is 0.0714. The van der Waals surface area contributed by atoms with Crippen molar-refractivity contribution in [2.75, 3.05) is 0 Å². The molecule has 9 heteroatoms. The number of hydrogen-bond donors (Lipinski definition) is 1. The van der Waals surface area contributed by atoms with E-state index in [-0.39, 0.29) is 11.4 Å². The van der Waals surface area contributed by atoms with Crippen LogP contribution in [0.4, 0.5) is 4.39 Å². The van der Waals surface area contributed by atoms with Gasteiger partial charge in [0.1, 0.15) is 11.5 Å². The number of rotatable bonds is 3. The lowest BCUT2D eigenvalue weighted by Gasteiger charge is -2.09. The molecule has 1 N–H and O–H groups in total. The maximum absolute atomic E-state index is 14.1. The van der Waals surface area contributed by atoms with Gasteiger partial charge in [0.15, 0.2) is 5.69 Å². The van der Waals surface area contributed by atoms with E-state index in [4.69, 9.17) is 5.11 Å². The van der Waals surface area contributed by atoms with Gasteiger partial charge in [0, 0.05) is 18.7 Å². The van der Waals surface area contributed by atoms with Crippen LogP contribution in [-0.4, -0.2) is 35.9 Å². The second-order valence-corrected chi connectivity index (χ2v) is 4.68. The maximum atomic E-state index is 14.1. The number of carboxylic acids is 1. The Hall–Kier alpha value is -3.36. The van der Waals surface area contributed by atoms with E-state index in [0.29, 0.717) is 15.9 Å². The topological polar surface area (TPSA) is 103 Å². The highest BCUT2D eigenvalue weighted by atomic mass is 19.1. The van der Waals surface area contributed by atoms with E-state index in [1.165, 1.54) is 29.1 Å². The fourth-order valence-corrected chi connectivity index (χ4v) is 2.08. The van der Waals surface area contributed by atoms with Crippen molar-refractivity contribution >= 4 is 5.97 Å². The minimum absolute atomic E-state index is 0.156. The summed E-state index contributed by atoms with van der Waals surface area (Å²) in [6.07, 6.45) is 1.49. The lowest BCUT2D eigenvalue weighted by molar-refractivity contribution is 0.0688. The predicted molar refractivity (Wildman–Crippen MR) is 76.7 cm³/mol. The number of carbonyl (C=O) groups is 1. The third-order valence-corrected chi connectivity index (χ3v) is 3.20. The number of nitrogens with zero attached hydrogens (tertiary/aromatic N) is 5. The third-order valence-electron chi connectivity index (χ3n) is 3.20. The van der Waals surface area contributed by atoms with Crippen LogP contribution in [0.2, 0.25) is 0 Å². The van der Waals surface area contributed by atoms with Gasteiger partial charge in [-0.2, -0.15) is 9.78 Å². The Labute approximate surface area is 128 Å². The van der Waals surface area contributed by atoms with Gasteiger partial charge in [-0.1, -0.05) is 5.21 Å². The predicted octanol–water partition coefficient (Wildman–Crippen LogP) is 0.865. The highest BCUT2D eigenvalue weighted by Gasteiger charge is 2.14. The molecule has 0 aliphatic carbocycles. The Kier molecular flexibility index (Phi) is 3.45. The molecule has 116 valence electrons. The van der Waals surface area contributed by atoms with Crippen LogP contribution in [0.15, 0.2) is 41.3 Å². The Bertz CT molecular complexity index is 963. The van der Waals surface area contributed by atoms with Crippen LogP contribution in [0.3, 0.4) is 0 Å². The molecule has 3 rings (SSSR count). The molecule has 0 aliphatic heterocycles. The van der Waals surface area contributed by atoms with Gasteiger partial charge in [0.2, 0.25) is 0 Å². The first kappa shape index (κ1) is 14.6. The summed E-state index contributed by atoms with van der Waals surface area (Å²) in [5.74, 6) is -2.02. The summed E-state index contributed by atoms with van der Waals surface area (Å²) < 4.78 is 16.3. The fourth-order valence-electron chi connectivity index (χ4n) is 2.08. The van der Waals surface area contributed by atoms with Crippen LogP contribution in [0.1, 0.15) is 10.5 Å². The SMILES string of the molecule is Cn1nncc1-c1ccc(F)c(-n2nc(C(=O)O)ccc2=O)c1. The number of aromatic nitrogens is 5. The molecule has 2 aromatic heterocycles. The lowest BCUT2D eigenvalue weighted by Crippen LogP contribution is -2.23. The number of benzene rings is 1. The first-order valence-electron chi connectivity index (χ1n) is 6.46. The van der Waals surface area contributed by atoms with E-state index in [1.807, 2.05) is 0 Å². The molecule has 0 fully saturated rings. The van der Waals surface area contributed by atoms with Gasteiger partial charge >= 0.3 is 5.97 Å². The Morgan fingerprint density at radius 3 is 2.70 bits per heavy atom. The third kappa shape index (κ3) is 2.59. The number of halogens is 1. The smallest absolute Gasteiger partial charge is 0.356 e. The molecule has 0 amide bonds. The van der Waals surface area contributed by atoms with Crippen molar-refractivity contribution in [2.24, 2.45) is 7.05 Å². The number of hydrogen-bond acceptors (Lipinski definition) is 5. The van der Waals surface area contributed by atoms with Crippen LogP contribution < -0.4 is 5.56 Å². The summed E-state index contributed by atoms with van der Waals surface area (Å²) in [5.41, 5.74) is -0.000370. The summed E-state index contributed by atoms with van der Waals surface area (Å²) in [5, 5.41) is 20.2. The molecule has 8 nitrogen and oxygen atoms in total. The zero-order valence-corrected chi connectivity index (χ0v) is 11.8. The van der Waals surface area contributed by atoms with Gasteiger partial charge in [-0.05, 0) is 24.3 Å². The minimum Gasteiger partial charge on any atom is -0.476 e. The summed E-state index contributed by atoms with van der Waals surface area (Å²) in [4.78, 5) is 22.9. The van der Waals surface area contributed by atoms with E-state index in [2.05, 4.69) is 15.4 Å². The normalized spacial score (nSPS) is 10.7. The summed E-state index contributed by atoms with van der Waals surface area (Å²) in [6.45, 7) is 0. The molecule has 0 saturated carbocycles. The molecule has 0 radical (unpaired) electrons. The zero-order chi connectivity index (χ0) is 16.6. The molecule has 0 unspecified atom stereocenters. The van der Waals surface area contributed by atoms with Crippen LogP contribution in [-0.2, 0) is 7.05 Å². The van der Waals surface area contributed by atoms with Gasteiger partial charge < -0.3 is 5.11 Å². The average Bonchev–Trinajstić information content (AvgIpc) is 2.94. The lowest BCUT2D eigenvalue weighted by atomic mass is 10.1. The Balaban J connectivity index is 2.21. The second-order valence-electron chi connectivity index (χ2n) is 4.68. The molecule has 0 aliphatic rings. The van der Waals surface area contributed by atoms with Crippen molar-refractivity contribution in [3.63, 3.8) is 0 Å². The van der Waals surface area contributed by atoms with Crippen molar-refractivity contribution < 1.29 is 14.3 Å². The molecular weight excluding hydrogens is 305 g/mol. The van der Waals surface area contributed by atoms with Crippen molar-refractivity contribution in [1.82, 2.24) is 24.8 Å². The van der Waals surface area contributed by atoms with Crippen LogP contribution in [0.25, 0.3) is 16.9 Å². The van der Waals surface area contributed by atoms with Crippen molar-refractivity contribution in [3.8, 4) is 16.9 Å². The molecule has 0 saturated heterocycles. The van der Waals surface area contributed by atoms with Gasteiger partial charge in [0.05, 0.1) is 11.9 Å². The quantitative estimate of drug-likeness (QED) is 0.769. The van der Waals surface area contributed by atoms with Crippen LogP contribution in [0.5, 0.6) is 0 Å². The number of carboxylic acid groups (broad SMARTS) is 1. The number of aromatic carboxylic acids is 1. The minimum atomic E-state index is -1.31. The van der Waals surface area contributed by atoms with E-state index in [9.17, 15) is 14.0 Å². The Morgan fingerprint density at radius 1 is 1.26 bits per heavy atom. The highest BCUT2D eigenvalue weighted by Crippen LogP contribution is 2.22. The molecule has 3 aromatic rings. The molecule has 2 heterocycles. The van der Waals surface area contributed by atoms with Gasteiger partial charge in [-0.3, -0.25) is 4.79 Å². The van der Waals surface area contributed by atoms with Crippen molar-refractivity contribution in [2.45, 2.75) is 0 Å². The average molecular weight is 315 g/mol. The summed E-state index contributed by atoms with van der Waals surface area (Å²) in [7, 11) is 1.67. The van der Waals surface area contributed by atoms with Gasteiger partial charge in [-0.25, -0.2) is 13.9 Å². The van der Waals surface area contributed by atoms with E-state index in [0.717, 1.165) is 12.1 Å². The zero-order valence-electron chi connectivity index (χ0n) is 11.8. The maximum Gasteiger partial charge on any atom is 0.356 e. The molecule has 0 spiro atoms. The number of aryl methyl sites for hydroxylation is 1. The van der Waals surface area contributed by atoms with Crippen LogP contribution >= 0.6 is 0 Å². The van der Waals surface area contributed by atoms with E-state index >= 15 is 0 Å². The molecule has 0 atom stereocenters. The largest absolute Gasteiger partial charge is 0.476 e.